The minimum atomic E-state index is -1.31. The van der Waals surface area contributed by atoms with Crippen molar-refractivity contribution < 1.29 is 27.1 Å². The predicted molar refractivity (Wildman–Crippen MR) is 87.7 cm³/mol. The smallest absolute Gasteiger partial charge is 0.306 e. The summed E-state index contributed by atoms with van der Waals surface area (Å²) in [5.41, 5.74) is -0.352. The minimum absolute atomic E-state index is 0.125. The number of halogens is 3. The zero-order chi connectivity index (χ0) is 19.6. The molecule has 0 aliphatic heterocycles. The first-order chi connectivity index (χ1) is 12.9. The average Bonchev–Trinajstić information content (AvgIpc) is 3.28. The molecule has 0 radical (unpaired) electrons. The molecule has 142 valence electrons. The number of ether oxygens (including phenoxy) is 1. The lowest BCUT2D eigenvalue weighted by Gasteiger charge is -2.13. The maximum Gasteiger partial charge on any atom is 0.306 e. The van der Waals surface area contributed by atoms with Crippen LogP contribution in [0.15, 0.2) is 39.7 Å². The second-order valence-corrected chi connectivity index (χ2v) is 5.85. The topological polar surface area (TPSA) is 88.1 Å². The van der Waals surface area contributed by atoms with Crippen molar-refractivity contribution in [3.8, 4) is 0 Å². The summed E-state index contributed by atoms with van der Waals surface area (Å²) in [5.74, 6) is -4.52. The molecule has 27 heavy (non-hydrogen) atoms. The molecule has 0 saturated heterocycles. The Morgan fingerprint density at radius 2 is 1.93 bits per heavy atom. The number of H-pyrrole nitrogens is 2. The van der Waals surface area contributed by atoms with E-state index < -0.39 is 34.9 Å². The molecule has 0 saturated carbocycles. The van der Waals surface area contributed by atoms with Crippen LogP contribution in [0.2, 0.25) is 0 Å². The molecule has 0 aliphatic rings. The molecule has 2 heterocycles. The van der Waals surface area contributed by atoms with E-state index in [0.717, 1.165) is 6.07 Å². The second kappa shape index (κ2) is 7.56. The first-order valence-electron chi connectivity index (χ1n) is 7.93. The van der Waals surface area contributed by atoms with Gasteiger partial charge in [0.15, 0.2) is 11.6 Å². The Hall–Kier alpha value is -3.23. The summed E-state index contributed by atoms with van der Waals surface area (Å²) in [6.45, 7) is 0. The van der Waals surface area contributed by atoms with Crippen LogP contribution in [-0.2, 0) is 16.0 Å². The summed E-state index contributed by atoms with van der Waals surface area (Å²) in [7, 11) is 1.21. The minimum Gasteiger partial charge on any atom is -0.469 e. The summed E-state index contributed by atoms with van der Waals surface area (Å²) in [6.07, 6.45) is 0.961. The van der Waals surface area contributed by atoms with E-state index in [4.69, 9.17) is 4.42 Å². The van der Waals surface area contributed by atoms with E-state index in [0.29, 0.717) is 11.8 Å². The van der Waals surface area contributed by atoms with E-state index in [2.05, 4.69) is 14.9 Å². The number of carbonyl (C=O) groups is 1. The van der Waals surface area contributed by atoms with Gasteiger partial charge in [0.1, 0.15) is 11.6 Å². The molecule has 0 amide bonds. The van der Waals surface area contributed by atoms with E-state index in [1.54, 1.807) is 12.1 Å². The zero-order valence-corrected chi connectivity index (χ0v) is 14.1. The van der Waals surface area contributed by atoms with Gasteiger partial charge in [-0.2, -0.15) is 0 Å². The molecule has 3 rings (SSSR count). The summed E-state index contributed by atoms with van der Waals surface area (Å²) < 4.78 is 50.6. The number of carbonyl (C=O) groups excluding carboxylic acids is 1. The molecule has 0 bridgehead atoms. The van der Waals surface area contributed by atoms with E-state index in [-0.39, 0.29) is 29.7 Å². The number of rotatable bonds is 6. The number of aromatic nitrogens is 2. The lowest BCUT2D eigenvalue weighted by Crippen LogP contribution is -2.17. The number of hydrogen-bond acceptors (Lipinski definition) is 4. The van der Waals surface area contributed by atoms with E-state index in [1.807, 2.05) is 0 Å². The molecule has 2 aromatic heterocycles. The molecule has 1 atom stereocenters. The maximum atomic E-state index is 14.0. The van der Waals surface area contributed by atoms with Crippen LogP contribution in [0.5, 0.6) is 0 Å². The molecule has 0 spiro atoms. The highest BCUT2D eigenvalue weighted by Gasteiger charge is 2.28. The van der Waals surface area contributed by atoms with Crippen LogP contribution in [0.1, 0.15) is 34.9 Å². The number of furan rings is 1. The number of nitrogens with one attached hydrogen (secondary N) is 2. The van der Waals surface area contributed by atoms with Gasteiger partial charge < -0.3 is 14.3 Å². The third-order valence-corrected chi connectivity index (χ3v) is 4.19. The van der Waals surface area contributed by atoms with Gasteiger partial charge in [0, 0.05) is 18.2 Å². The van der Waals surface area contributed by atoms with Crippen molar-refractivity contribution >= 4 is 5.97 Å². The molecule has 0 aliphatic carbocycles. The third kappa shape index (κ3) is 3.81. The highest BCUT2D eigenvalue weighted by Crippen LogP contribution is 2.30. The number of methoxy groups -OCH3 is 1. The van der Waals surface area contributed by atoms with Crippen LogP contribution >= 0.6 is 0 Å². The highest BCUT2D eigenvalue weighted by atomic mass is 19.2. The SMILES string of the molecule is COC(=O)C[C@H](c1ccco1)c1c(Cc2cc(F)c(F)cc2F)[nH][nH]c1=O. The maximum absolute atomic E-state index is 14.0. The Morgan fingerprint density at radius 3 is 2.59 bits per heavy atom. The van der Waals surface area contributed by atoms with Gasteiger partial charge in [-0.1, -0.05) is 0 Å². The molecular weight excluding hydrogens is 365 g/mol. The summed E-state index contributed by atoms with van der Waals surface area (Å²) in [4.78, 5) is 24.1. The zero-order valence-electron chi connectivity index (χ0n) is 14.1. The molecule has 3 aromatic rings. The summed E-state index contributed by atoms with van der Waals surface area (Å²) in [6, 6.07) is 4.34. The van der Waals surface area contributed by atoms with Crippen LogP contribution in [0.3, 0.4) is 0 Å². The first kappa shape index (κ1) is 18.6. The largest absolute Gasteiger partial charge is 0.469 e. The van der Waals surface area contributed by atoms with Crippen LogP contribution in [-0.4, -0.2) is 23.3 Å². The number of esters is 1. The van der Waals surface area contributed by atoms with Crippen LogP contribution in [0.25, 0.3) is 0 Å². The normalized spacial score (nSPS) is 12.1. The van der Waals surface area contributed by atoms with Crippen molar-refractivity contribution in [3.05, 3.63) is 80.9 Å². The Kier molecular flexibility index (Phi) is 5.20. The quantitative estimate of drug-likeness (QED) is 0.508. The Bertz CT molecular complexity index is 1010. The third-order valence-electron chi connectivity index (χ3n) is 4.19. The molecule has 6 nitrogen and oxygen atoms in total. The molecule has 0 unspecified atom stereocenters. The lowest BCUT2D eigenvalue weighted by molar-refractivity contribution is -0.140. The van der Waals surface area contributed by atoms with Gasteiger partial charge in [-0.15, -0.1) is 0 Å². The first-order valence-corrected chi connectivity index (χ1v) is 7.93. The summed E-state index contributed by atoms with van der Waals surface area (Å²) in [5, 5.41) is 4.98. The Labute approximate surface area is 150 Å². The number of hydrogen-bond donors (Lipinski definition) is 2. The van der Waals surface area contributed by atoms with Crippen molar-refractivity contribution in [2.24, 2.45) is 0 Å². The van der Waals surface area contributed by atoms with Gasteiger partial charge in [0.05, 0.1) is 31.3 Å². The van der Waals surface area contributed by atoms with Gasteiger partial charge in [-0.3, -0.25) is 14.7 Å². The Morgan fingerprint density at radius 1 is 1.19 bits per heavy atom. The van der Waals surface area contributed by atoms with Crippen molar-refractivity contribution in [2.45, 2.75) is 18.8 Å². The van der Waals surface area contributed by atoms with Crippen molar-refractivity contribution in [1.82, 2.24) is 10.2 Å². The molecule has 1 aromatic carbocycles. The Balaban J connectivity index is 2.03. The van der Waals surface area contributed by atoms with Crippen molar-refractivity contribution in [1.29, 1.82) is 0 Å². The van der Waals surface area contributed by atoms with Gasteiger partial charge in [-0.25, -0.2) is 13.2 Å². The van der Waals surface area contributed by atoms with Gasteiger partial charge in [0.25, 0.3) is 5.56 Å². The molecule has 0 fully saturated rings. The second-order valence-electron chi connectivity index (χ2n) is 5.85. The molecule has 9 heteroatoms. The fraction of sp³-hybridized carbons (Fsp3) is 0.222. The van der Waals surface area contributed by atoms with Crippen molar-refractivity contribution in [3.63, 3.8) is 0 Å². The number of aromatic amines is 2. The average molecular weight is 380 g/mol. The lowest BCUT2D eigenvalue weighted by atomic mass is 9.91. The van der Waals surface area contributed by atoms with E-state index in [9.17, 15) is 22.8 Å². The van der Waals surface area contributed by atoms with Crippen LogP contribution in [0, 0.1) is 17.5 Å². The van der Waals surface area contributed by atoms with Gasteiger partial charge in [-0.05, 0) is 23.8 Å². The van der Waals surface area contributed by atoms with Crippen LogP contribution < -0.4 is 5.56 Å². The van der Waals surface area contributed by atoms with Gasteiger partial charge in [0.2, 0.25) is 0 Å². The van der Waals surface area contributed by atoms with E-state index >= 15 is 0 Å². The molecular formula is C18H15F3N2O4. The van der Waals surface area contributed by atoms with Gasteiger partial charge >= 0.3 is 5.97 Å². The van der Waals surface area contributed by atoms with Crippen molar-refractivity contribution in [2.75, 3.05) is 7.11 Å². The highest BCUT2D eigenvalue weighted by molar-refractivity contribution is 5.71. The van der Waals surface area contributed by atoms with Crippen LogP contribution in [0.4, 0.5) is 13.2 Å². The number of benzene rings is 1. The fourth-order valence-electron chi connectivity index (χ4n) is 2.89. The monoisotopic (exact) mass is 380 g/mol. The summed E-state index contributed by atoms with van der Waals surface area (Å²) >= 11 is 0. The predicted octanol–water partition coefficient (Wildman–Crippen LogP) is 3.00. The fourth-order valence-corrected chi connectivity index (χ4v) is 2.89. The van der Waals surface area contributed by atoms with E-state index in [1.165, 1.54) is 13.4 Å². The standard InChI is InChI=1S/C18H15F3N2O4/c1-26-16(24)7-10(15-3-2-4-27-15)17-14(22-23-18(17)25)6-9-5-12(20)13(21)8-11(9)19/h2-5,8,10H,6-7H2,1H3,(H2,22,23,25)/t10-/m1/s1. The molecule has 2 N–H and O–H groups in total.